The van der Waals surface area contributed by atoms with E-state index in [9.17, 15) is 0 Å². The lowest BCUT2D eigenvalue weighted by molar-refractivity contribution is 0.669. The fourth-order valence-corrected chi connectivity index (χ4v) is 9.68. The van der Waals surface area contributed by atoms with E-state index in [1.54, 1.807) is 11.3 Å². The van der Waals surface area contributed by atoms with Crippen molar-refractivity contribution in [1.82, 2.24) is 15.0 Å². The molecule has 0 spiro atoms. The lowest BCUT2D eigenvalue weighted by atomic mass is 9.95. The van der Waals surface area contributed by atoms with Gasteiger partial charge in [0.25, 0.3) is 0 Å². The van der Waals surface area contributed by atoms with Crippen LogP contribution in [0, 0.1) is 0 Å². The summed E-state index contributed by atoms with van der Waals surface area (Å²) in [5.41, 5.74) is 6.87. The van der Waals surface area contributed by atoms with Gasteiger partial charge in [0, 0.05) is 47.6 Å². The van der Waals surface area contributed by atoms with E-state index in [1.807, 2.05) is 18.2 Å². The van der Waals surface area contributed by atoms with Gasteiger partial charge in [-0.05, 0) is 73.8 Å². The van der Waals surface area contributed by atoms with E-state index in [0.717, 1.165) is 55.1 Å². The number of nitrogens with zero attached hydrogens (tertiary/aromatic N) is 3. The largest absolute Gasteiger partial charge is 0.456 e. The minimum atomic E-state index is 0.631. The molecule has 0 aliphatic carbocycles. The molecule has 56 heavy (non-hydrogen) atoms. The van der Waals surface area contributed by atoms with Crippen LogP contribution in [0.5, 0.6) is 0 Å². The number of rotatable bonds is 4. The van der Waals surface area contributed by atoms with Crippen LogP contribution in [0.15, 0.2) is 180 Å². The second kappa shape index (κ2) is 12.2. The number of benzene rings is 9. The second-order valence-corrected chi connectivity index (χ2v) is 15.4. The third-order valence-corrected chi connectivity index (χ3v) is 12.3. The average Bonchev–Trinajstić information content (AvgIpc) is 3.85. The lowest BCUT2D eigenvalue weighted by Crippen LogP contribution is -2.00. The van der Waals surface area contributed by atoms with Crippen molar-refractivity contribution in [1.29, 1.82) is 0 Å². The van der Waals surface area contributed by atoms with Gasteiger partial charge in [-0.3, -0.25) is 0 Å². The third-order valence-electron chi connectivity index (χ3n) is 11.1. The highest BCUT2D eigenvalue weighted by Crippen LogP contribution is 2.41. The Kier molecular flexibility index (Phi) is 6.76. The van der Waals surface area contributed by atoms with Gasteiger partial charge >= 0.3 is 0 Å². The van der Waals surface area contributed by atoms with Crippen molar-refractivity contribution in [3.63, 3.8) is 0 Å². The van der Waals surface area contributed by atoms with Gasteiger partial charge in [0.1, 0.15) is 11.2 Å². The third kappa shape index (κ3) is 4.81. The number of thiophene rings is 1. The van der Waals surface area contributed by atoms with Crippen LogP contribution in [-0.2, 0) is 0 Å². The SMILES string of the molecule is c1ccc2c(c1)ccc1ccc3cc(-c4nc(-c5ccc(-c6cccc7oc8ccccc8c67)cc5)nc(-c5cccc6c5sc5ccccc56)n4)ccc3c12. The summed E-state index contributed by atoms with van der Waals surface area (Å²) in [6, 6.07) is 62.1. The fraction of sp³-hybridized carbons (Fsp3) is 0. The van der Waals surface area contributed by atoms with Gasteiger partial charge < -0.3 is 4.42 Å². The number of furan rings is 1. The minimum absolute atomic E-state index is 0.631. The Balaban J connectivity index is 1.04. The Morgan fingerprint density at radius 2 is 0.964 bits per heavy atom. The molecule has 4 nitrogen and oxygen atoms in total. The Hall–Kier alpha value is -7.21. The van der Waals surface area contributed by atoms with Crippen molar-refractivity contribution < 1.29 is 4.42 Å². The Morgan fingerprint density at radius 3 is 1.86 bits per heavy atom. The summed E-state index contributed by atoms with van der Waals surface area (Å²) >= 11 is 1.78. The Bertz CT molecular complexity index is 3540. The van der Waals surface area contributed by atoms with E-state index < -0.39 is 0 Å². The van der Waals surface area contributed by atoms with Crippen molar-refractivity contribution in [2.24, 2.45) is 0 Å². The van der Waals surface area contributed by atoms with Gasteiger partial charge in [0.2, 0.25) is 0 Å². The highest BCUT2D eigenvalue weighted by atomic mass is 32.1. The minimum Gasteiger partial charge on any atom is -0.456 e. The number of aromatic nitrogens is 3. The van der Waals surface area contributed by atoms with Crippen LogP contribution < -0.4 is 0 Å². The first-order valence-electron chi connectivity index (χ1n) is 18.8. The fourth-order valence-electron chi connectivity index (χ4n) is 8.47. The van der Waals surface area contributed by atoms with Gasteiger partial charge in [-0.1, -0.05) is 146 Å². The molecule has 260 valence electrons. The number of para-hydroxylation sites is 1. The smallest absolute Gasteiger partial charge is 0.165 e. The average molecular weight is 732 g/mol. The molecule has 0 fully saturated rings. The van der Waals surface area contributed by atoms with Crippen LogP contribution in [0.1, 0.15) is 0 Å². The first-order chi connectivity index (χ1) is 27.7. The van der Waals surface area contributed by atoms with Gasteiger partial charge in [-0.2, -0.15) is 0 Å². The molecule has 0 saturated carbocycles. The van der Waals surface area contributed by atoms with Gasteiger partial charge in [0.15, 0.2) is 17.5 Å². The van der Waals surface area contributed by atoms with Crippen LogP contribution >= 0.6 is 11.3 Å². The summed E-state index contributed by atoms with van der Waals surface area (Å²) in [7, 11) is 0. The molecule has 3 heterocycles. The van der Waals surface area contributed by atoms with E-state index >= 15 is 0 Å². The first kappa shape index (κ1) is 31.2. The molecular weight excluding hydrogens is 703 g/mol. The van der Waals surface area contributed by atoms with Crippen LogP contribution in [-0.4, -0.2) is 15.0 Å². The molecule has 0 amide bonds. The van der Waals surface area contributed by atoms with Gasteiger partial charge in [-0.25, -0.2) is 15.0 Å². The maximum absolute atomic E-state index is 6.21. The summed E-state index contributed by atoms with van der Waals surface area (Å²) in [4.78, 5) is 15.6. The summed E-state index contributed by atoms with van der Waals surface area (Å²) < 4.78 is 8.62. The molecule has 0 unspecified atom stereocenters. The predicted octanol–water partition coefficient (Wildman–Crippen LogP) is 14.3. The predicted molar refractivity (Wildman–Crippen MR) is 234 cm³/mol. The van der Waals surface area contributed by atoms with Crippen LogP contribution in [0.2, 0.25) is 0 Å². The van der Waals surface area contributed by atoms with E-state index in [-0.39, 0.29) is 0 Å². The zero-order valence-corrected chi connectivity index (χ0v) is 30.7. The zero-order chi connectivity index (χ0) is 36.7. The molecule has 0 bridgehead atoms. The van der Waals surface area contributed by atoms with Crippen LogP contribution in [0.3, 0.4) is 0 Å². The molecule has 0 atom stereocenters. The normalized spacial score (nSPS) is 11.9. The van der Waals surface area contributed by atoms with Crippen LogP contribution in [0.25, 0.3) is 120 Å². The van der Waals surface area contributed by atoms with E-state index in [1.165, 1.54) is 47.1 Å². The molecule has 9 aromatic carbocycles. The van der Waals surface area contributed by atoms with Crippen molar-refractivity contribution in [2.45, 2.75) is 0 Å². The van der Waals surface area contributed by atoms with E-state index in [2.05, 4.69) is 158 Å². The zero-order valence-electron chi connectivity index (χ0n) is 29.9. The monoisotopic (exact) mass is 731 g/mol. The summed E-state index contributed by atoms with van der Waals surface area (Å²) in [6.07, 6.45) is 0. The second-order valence-electron chi connectivity index (χ2n) is 14.3. The highest BCUT2D eigenvalue weighted by molar-refractivity contribution is 7.26. The molecular formula is C51H29N3OS. The van der Waals surface area contributed by atoms with Crippen molar-refractivity contribution >= 4 is 85.8 Å². The molecule has 0 saturated heterocycles. The number of hydrogen-bond acceptors (Lipinski definition) is 5. The quantitative estimate of drug-likeness (QED) is 0.169. The molecule has 0 radical (unpaired) electrons. The molecule has 0 aliphatic rings. The first-order valence-corrected chi connectivity index (χ1v) is 19.6. The molecule has 0 aliphatic heterocycles. The molecule has 12 rings (SSSR count). The molecule has 0 N–H and O–H groups in total. The highest BCUT2D eigenvalue weighted by Gasteiger charge is 2.18. The van der Waals surface area contributed by atoms with Crippen molar-refractivity contribution in [3.05, 3.63) is 176 Å². The maximum atomic E-state index is 6.21. The number of hydrogen-bond donors (Lipinski definition) is 0. The maximum Gasteiger partial charge on any atom is 0.165 e. The van der Waals surface area contributed by atoms with E-state index in [0.29, 0.717) is 17.5 Å². The van der Waals surface area contributed by atoms with Crippen molar-refractivity contribution in [2.75, 3.05) is 0 Å². The van der Waals surface area contributed by atoms with E-state index in [4.69, 9.17) is 19.4 Å². The van der Waals surface area contributed by atoms with Gasteiger partial charge in [-0.15, -0.1) is 11.3 Å². The summed E-state index contributed by atoms with van der Waals surface area (Å²) in [6.45, 7) is 0. The van der Waals surface area contributed by atoms with Gasteiger partial charge in [0.05, 0.1) is 0 Å². The molecule has 12 aromatic rings. The van der Waals surface area contributed by atoms with Crippen LogP contribution in [0.4, 0.5) is 0 Å². The summed E-state index contributed by atoms with van der Waals surface area (Å²) in [5.74, 6) is 1.93. The lowest BCUT2D eigenvalue weighted by Gasteiger charge is -2.12. The summed E-state index contributed by atoms with van der Waals surface area (Å²) in [5, 5.41) is 12.0. The molecule has 3 aromatic heterocycles. The molecule has 5 heteroatoms. The standard InChI is InChI=1S/C51H29N3OS/c1-2-10-36-30(9-1)19-22-32-23-26-34-29-35(27-28-38(34)46(32)36)50-52-49(53-51(54-50)42-15-7-14-40-39-11-4-6-18-45(39)56-48(40)42)33-24-20-31(21-25-33)37-13-8-17-44-47(37)41-12-3-5-16-43(41)55-44/h1-29H. The number of fused-ring (bicyclic) bond motifs is 11. The topological polar surface area (TPSA) is 51.8 Å². The van der Waals surface area contributed by atoms with Crippen molar-refractivity contribution in [3.8, 4) is 45.3 Å². The Morgan fingerprint density at radius 1 is 0.357 bits per heavy atom. The Labute approximate surface area is 325 Å².